The van der Waals surface area contributed by atoms with Crippen molar-refractivity contribution in [2.24, 2.45) is 0 Å². The maximum Gasteiger partial charge on any atom is 0.181 e. The van der Waals surface area contributed by atoms with E-state index in [1.807, 2.05) is 43.3 Å². The molecule has 4 N–H and O–H groups in total. The molecule has 0 saturated carbocycles. The zero-order chi connectivity index (χ0) is 17.8. The van der Waals surface area contributed by atoms with E-state index in [0.29, 0.717) is 16.9 Å². The summed E-state index contributed by atoms with van der Waals surface area (Å²) in [6.07, 6.45) is 0. The summed E-state index contributed by atoms with van der Waals surface area (Å²) in [5.74, 6) is 1.71. The molecule has 0 aliphatic carbocycles. The van der Waals surface area contributed by atoms with Crippen LogP contribution in [0.15, 0.2) is 36.4 Å². The highest BCUT2D eigenvalue weighted by atomic mass is 32.1. The number of thiazole rings is 2. The van der Waals surface area contributed by atoms with Crippen molar-refractivity contribution in [3.63, 3.8) is 0 Å². The summed E-state index contributed by atoms with van der Waals surface area (Å²) < 4.78 is 12.6. The van der Waals surface area contributed by atoms with Crippen LogP contribution in [0.1, 0.15) is 6.92 Å². The number of benzene rings is 2. The molecular weight excluding hydrogens is 356 g/mol. The first-order valence-electron chi connectivity index (χ1n) is 7.58. The number of nitrogens with zero attached hydrogens (tertiary/aromatic N) is 2. The maximum atomic E-state index is 5.58. The maximum absolute atomic E-state index is 5.58. The Bertz CT molecular complexity index is 997. The van der Waals surface area contributed by atoms with Gasteiger partial charge in [-0.2, -0.15) is 0 Å². The fourth-order valence-electron chi connectivity index (χ4n) is 2.23. The lowest BCUT2D eigenvalue weighted by atomic mass is 10.3. The molecular formula is C17H18N4O2S2. The standard InChI is InChI=1S/C9H10N2OS.C8H8N2OS/c1-2-12-6-3-4-7-8(5-6)13-9(10)11-7;1-11-5-2-3-6-7(4-5)12-8(9)10-6/h3-5H,2H2,1H3,(H2,10,11);2-4H,1H3,(H2,9,10). The third kappa shape index (κ3) is 4.09. The van der Waals surface area contributed by atoms with Crippen LogP contribution in [0.25, 0.3) is 20.4 Å². The number of aromatic nitrogens is 2. The molecule has 0 aliphatic rings. The molecule has 0 atom stereocenters. The van der Waals surface area contributed by atoms with E-state index in [9.17, 15) is 0 Å². The van der Waals surface area contributed by atoms with Gasteiger partial charge in [-0.3, -0.25) is 0 Å². The fraction of sp³-hybridized carbons (Fsp3) is 0.176. The van der Waals surface area contributed by atoms with Gasteiger partial charge in [0, 0.05) is 0 Å². The number of ether oxygens (including phenoxy) is 2. The minimum atomic E-state index is 0.596. The second kappa shape index (κ2) is 7.54. The van der Waals surface area contributed by atoms with Crippen LogP contribution < -0.4 is 20.9 Å². The summed E-state index contributed by atoms with van der Waals surface area (Å²) in [5.41, 5.74) is 13.0. The highest BCUT2D eigenvalue weighted by Gasteiger charge is 2.02. The molecule has 4 rings (SSSR count). The highest BCUT2D eigenvalue weighted by molar-refractivity contribution is 7.22. The van der Waals surface area contributed by atoms with Gasteiger partial charge in [0.2, 0.25) is 0 Å². The minimum Gasteiger partial charge on any atom is -0.497 e. The van der Waals surface area contributed by atoms with E-state index >= 15 is 0 Å². The summed E-state index contributed by atoms with van der Waals surface area (Å²) in [7, 11) is 1.64. The lowest BCUT2D eigenvalue weighted by Gasteiger charge is -2.00. The van der Waals surface area contributed by atoms with E-state index < -0.39 is 0 Å². The largest absolute Gasteiger partial charge is 0.497 e. The first-order valence-corrected chi connectivity index (χ1v) is 9.21. The number of anilines is 2. The van der Waals surface area contributed by atoms with E-state index in [2.05, 4.69) is 9.97 Å². The second-order valence-electron chi connectivity index (χ2n) is 5.00. The van der Waals surface area contributed by atoms with Crippen molar-refractivity contribution in [3.8, 4) is 11.5 Å². The summed E-state index contributed by atoms with van der Waals surface area (Å²) in [4.78, 5) is 8.28. The first-order chi connectivity index (χ1) is 12.1. The zero-order valence-electron chi connectivity index (χ0n) is 13.9. The van der Waals surface area contributed by atoms with Crippen molar-refractivity contribution < 1.29 is 9.47 Å². The van der Waals surface area contributed by atoms with Crippen LogP contribution in [0.2, 0.25) is 0 Å². The predicted molar refractivity (Wildman–Crippen MR) is 106 cm³/mol. The topological polar surface area (TPSA) is 96.3 Å². The van der Waals surface area contributed by atoms with Crippen molar-refractivity contribution in [2.45, 2.75) is 6.92 Å². The van der Waals surface area contributed by atoms with Gasteiger partial charge in [-0.15, -0.1) is 0 Å². The molecule has 130 valence electrons. The molecule has 2 aromatic heterocycles. The third-order valence-corrected chi connectivity index (χ3v) is 4.99. The van der Waals surface area contributed by atoms with Gasteiger partial charge in [-0.1, -0.05) is 22.7 Å². The number of methoxy groups -OCH3 is 1. The van der Waals surface area contributed by atoms with Crippen LogP contribution in [0.4, 0.5) is 10.3 Å². The Morgan fingerprint density at radius 3 is 1.92 bits per heavy atom. The highest BCUT2D eigenvalue weighted by Crippen LogP contribution is 2.28. The van der Waals surface area contributed by atoms with Gasteiger partial charge in [0.05, 0.1) is 34.1 Å². The van der Waals surface area contributed by atoms with Crippen molar-refractivity contribution >= 4 is 53.4 Å². The summed E-state index contributed by atoms with van der Waals surface area (Å²) in [6.45, 7) is 2.64. The number of hydrogen-bond donors (Lipinski definition) is 2. The molecule has 0 fully saturated rings. The summed E-state index contributed by atoms with van der Waals surface area (Å²) >= 11 is 2.95. The number of fused-ring (bicyclic) bond motifs is 2. The predicted octanol–water partition coefficient (Wildman–Crippen LogP) is 4.16. The van der Waals surface area contributed by atoms with Crippen LogP contribution in [0, 0.1) is 0 Å². The van der Waals surface area contributed by atoms with Crippen LogP contribution in [-0.2, 0) is 0 Å². The summed E-state index contributed by atoms with van der Waals surface area (Å²) in [5, 5.41) is 1.20. The van der Waals surface area contributed by atoms with E-state index in [1.165, 1.54) is 22.7 Å². The van der Waals surface area contributed by atoms with Crippen LogP contribution in [-0.4, -0.2) is 23.7 Å². The molecule has 2 aromatic carbocycles. The molecule has 0 radical (unpaired) electrons. The van der Waals surface area contributed by atoms with Gasteiger partial charge in [0.25, 0.3) is 0 Å². The number of nitrogen functional groups attached to an aromatic ring is 2. The Labute approximate surface area is 153 Å². The van der Waals surface area contributed by atoms with Gasteiger partial charge in [-0.25, -0.2) is 9.97 Å². The quantitative estimate of drug-likeness (QED) is 0.559. The van der Waals surface area contributed by atoms with Crippen molar-refractivity contribution in [2.75, 3.05) is 25.2 Å². The fourth-order valence-corrected chi connectivity index (χ4v) is 3.75. The van der Waals surface area contributed by atoms with Gasteiger partial charge in [0.1, 0.15) is 11.5 Å². The Morgan fingerprint density at radius 2 is 1.40 bits per heavy atom. The van der Waals surface area contributed by atoms with Gasteiger partial charge in [-0.05, 0) is 43.3 Å². The molecule has 25 heavy (non-hydrogen) atoms. The van der Waals surface area contributed by atoms with Crippen LogP contribution in [0.5, 0.6) is 11.5 Å². The van der Waals surface area contributed by atoms with Crippen molar-refractivity contribution in [1.82, 2.24) is 9.97 Å². The molecule has 0 amide bonds. The summed E-state index contributed by atoms with van der Waals surface area (Å²) in [6, 6.07) is 11.5. The smallest absolute Gasteiger partial charge is 0.181 e. The van der Waals surface area contributed by atoms with Crippen molar-refractivity contribution in [3.05, 3.63) is 36.4 Å². The van der Waals surface area contributed by atoms with Crippen LogP contribution >= 0.6 is 22.7 Å². The Morgan fingerprint density at radius 1 is 0.880 bits per heavy atom. The molecule has 0 unspecified atom stereocenters. The molecule has 4 aromatic rings. The van der Waals surface area contributed by atoms with Gasteiger partial charge < -0.3 is 20.9 Å². The Hall–Kier alpha value is -2.58. The monoisotopic (exact) mass is 374 g/mol. The molecule has 6 nitrogen and oxygen atoms in total. The zero-order valence-corrected chi connectivity index (χ0v) is 15.5. The number of hydrogen-bond acceptors (Lipinski definition) is 8. The molecule has 0 bridgehead atoms. The lowest BCUT2D eigenvalue weighted by molar-refractivity contribution is 0.341. The average molecular weight is 374 g/mol. The second-order valence-corrected chi connectivity index (χ2v) is 7.12. The molecule has 2 heterocycles. The van der Waals surface area contributed by atoms with E-state index in [0.717, 1.165) is 31.9 Å². The van der Waals surface area contributed by atoms with Gasteiger partial charge >= 0.3 is 0 Å². The minimum absolute atomic E-state index is 0.596. The van der Waals surface area contributed by atoms with Crippen molar-refractivity contribution in [1.29, 1.82) is 0 Å². The van der Waals surface area contributed by atoms with Gasteiger partial charge in [0.15, 0.2) is 10.3 Å². The van der Waals surface area contributed by atoms with E-state index in [-0.39, 0.29) is 0 Å². The SMILES string of the molecule is CCOc1ccc2nc(N)sc2c1.COc1ccc2nc(N)sc2c1. The Kier molecular flexibility index (Phi) is 5.20. The van der Waals surface area contributed by atoms with Crippen LogP contribution in [0.3, 0.4) is 0 Å². The molecule has 0 aliphatic heterocycles. The Balaban J connectivity index is 0.000000146. The third-order valence-electron chi connectivity index (χ3n) is 3.30. The molecule has 8 heteroatoms. The number of rotatable bonds is 3. The number of nitrogens with two attached hydrogens (primary N) is 2. The lowest BCUT2D eigenvalue weighted by Crippen LogP contribution is -1.89. The first kappa shape index (κ1) is 17.2. The molecule has 0 spiro atoms. The average Bonchev–Trinajstić information content (AvgIpc) is 3.14. The normalized spacial score (nSPS) is 10.5. The van der Waals surface area contributed by atoms with E-state index in [4.69, 9.17) is 20.9 Å². The van der Waals surface area contributed by atoms with E-state index in [1.54, 1.807) is 7.11 Å². The molecule has 0 saturated heterocycles.